The maximum atomic E-state index is 12.9. The second-order valence-electron chi connectivity index (χ2n) is 8.35. The molecule has 0 saturated carbocycles. The van der Waals surface area contributed by atoms with Crippen LogP contribution in [0.5, 0.6) is 0 Å². The molecule has 0 aliphatic rings. The molecule has 4 atom stereocenters. The Labute approximate surface area is 188 Å². The number of amides is 3. The third kappa shape index (κ3) is 11.9. The fourth-order valence-corrected chi connectivity index (χ4v) is 3.28. The van der Waals surface area contributed by atoms with Crippen LogP contribution in [-0.4, -0.2) is 76.7 Å². The SMILES string of the molecule is CSCCC(N)C(=O)NC(CC(C)C)C(=O)NC(CC(C)C)C(=O)NC(CO)C(=O)O. The Balaban J connectivity index is 5.36. The molecule has 0 spiro atoms. The number of carboxylic acids is 1. The highest BCUT2D eigenvalue weighted by Gasteiger charge is 2.30. The maximum absolute atomic E-state index is 12.9. The summed E-state index contributed by atoms with van der Waals surface area (Å²) in [5.41, 5.74) is 5.90. The molecule has 11 heteroatoms. The van der Waals surface area contributed by atoms with Gasteiger partial charge in [-0.1, -0.05) is 27.7 Å². The summed E-state index contributed by atoms with van der Waals surface area (Å²) in [6.07, 6.45) is 2.98. The summed E-state index contributed by atoms with van der Waals surface area (Å²) >= 11 is 1.57. The Morgan fingerprint density at radius 2 is 1.26 bits per heavy atom. The third-order valence-electron chi connectivity index (χ3n) is 4.45. The molecular weight excluding hydrogens is 424 g/mol. The van der Waals surface area contributed by atoms with Crippen LogP contribution in [0.15, 0.2) is 0 Å². The average molecular weight is 463 g/mol. The van der Waals surface area contributed by atoms with E-state index >= 15 is 0 Å². The highest BCUT2D eigenvalue weighted by Crippen LogP contribution is 2.10. The Bertz CT molecular complexity index is 602. The van der Waals surface area contributed by atoms with Crippen LogP contribution < -0.4 is 21.7 Å². The Morgan fingerprint density at radius 1 is 0.839 bits per heavy atom. The average Bonchev–Trinajstić information content (AvgIpc) is 2.67. The largest absolute Gasteiger partial charge is 0.480 e. The van der Waals surface area contributed by atoms with Crippen molar-refractivity contribution in [2.45, 2.75) is 71.1 Å². The van der Waals surface area contributed by atoms with Gasteiger partial charge in [-0.15, -0.1) is 0 Å². The summed E-state index contributed by atoms with van der Waals surface area (Å²) in [5, 5.41) is 25.7. The molecule has 0 aliphatic carbocycles. The second kappa shape index (κ2) is 15.0. The molecule has 4 unspecified atom stereocenters. The number of aliphatic hydroxyl groups excluding tert-OH is 1. The van der Waals surface area contributed by atoms with E-state index in [-0.39, 0.29) is 18.3 Å². The van der Waals surface area contributed by atoms with E-state index < -0.39 is 54.5 Å². The minimum atomic E-state index is -1.47. The zero-order chi connectivity index (χ0) is 24.1. The number of aliphatic hydroxyl groups is 1. The number of thioether (sulfide) groups is 1. The summed E-state index contributed by atoms with van der Waals surface area (Å²) < 4.78 is 0. The quantitative estimate of drug-likeness (QED) is 0.192. The number of carboxylic acid groups (broad SMARTS) is 1. The fraction of sp³-hybridized carbons (Fsp3) is 0.800. The summed E-state index contributed by atoms with van der Waals surface area (Å²) in [5.74, 6) is -2.26. The van der Waals surface area contributed by atoms with Crippen LogP contribution in [-0.2, 0) is 19.2 Å². The van der Waals surface area contributed by atoms with Crippen LogP contribution in [0.1, 0.15) is 47.0 Å². The van der Waals surface area contributed by atoms with Crippen molar-refractivity contribution in [3.8, 4) is 0 Å². The predicted octanol–water partition coefficient (Wildman–Crippen LogP) is -0.310. The van der Waals surface area contributed by atoms with E-state index in [1.807, 2.05) is 34.0 Å². The van der Waals surface area contributed by atoms with E-state index in [1.54, 1.807) is 11.8 Å². The second-order valence-corrected chi connectivity index (χ2v) is 9.34. The first-order valence-electron chi connectivity index (χ1n) is 10.4. The minimum absolute atomic E-state index is 0.0200. The smallest absolute Gasteiger partial charge is 0.328 e. The molecule has 0 radical (unpaired) electrons. The van der Waals surface area contributed by atoms with Crippen LogP contribution in [0, 0.1) is 11.8 Å². The summed E-state index contributed by atoms with van der Waals surface area (Å²) in [4.78, 5) is 49.0. The molecule has 0 saturated heterocycles. The number of carbonyl (C=O) groups excluding carboxylic acids is 3. The van der Waals surface area contributed by atoms with Crippen molar-refractivity contribution in [3.05, 3.63) is 0 Å². The molecule has 0 heterocycles. The van der Waals surface area contributed by atoms with Crippen molar-refractivity contribution in [3.63, 3.8) is 0 Å². The van der Waals surface area contributed by atoms with Gasteiger partial charge >= 0.3 is 5.97 Å². The fourth-order valence-electron chi connectivity index (χ4n) is 2.79. The van der Waals surface area contributed by atoms with Gasteiger partial charge in [0.2, 0.25) is 17.7 Å². The van der Waals surface area contributed by atoms with Crippen molar-refractivity contribution in [2.75, 3.05) is 18.6 Å². The van der Waals surface area contributed by atoms with Gasteiger partial charge in [-0.25, -0.2) is 4.79 Å². The maximum Gasteiger partial charge on any atom is 0.328 e. The van der Waals surface area contributed by atoms with Crippen LogP contribution >= 0.6 is 11.8 Å². The van der Waals surface area contributed by atoms with Crippen molar-refractivity contribution < 1.29 is 29.4 Å². The molecular formula is C20H38N4O6S. The van der Waals surface area contributed by atoms with Crippen molar-refractivity contribution in [1.29, 1.82) is 0 Å². The van der Waals surface area contributed by atoms with Gasteiger partial charge in [0.15, 0.2) is 0 Å². The highest BCUT2D eigenvalue weighted by molar-refractivity contribution is 7.98. The van der Waals surface area contributed by atoms with E-state index in [2.05, 4.69) is 16.0 Å². The van der Waals surface area contributed by atoms with Gasteiger partial charge < -0.3 is 31.9 Å². The first kappa shape index (κ1) is 29.1. The first-order valence-corrected chi connectivity index (χ1v) is 11.8. The van der Waals surface area contributed by atoms with Gasteiger partial charge in [0.25, 0.3) is 0 Å². The van der Waals surface area contributed by atoms with Crippen LogP contribution in [0.3, 0.4) is 0 Å². The third-order valence-corrected chi connectivity index (χ3v) is 5.09. The molecule has 0 aromatic carbocycles. The zero-order valence-corrected chi connectivity index (χ0v) is 19.8. The van der Waals surface area contributed by atoms with Crippen molar-refractivity contribution in [1.82, 2.24) is 16.0 Å². The molecule has 0 rings (SSSR count). The topological polar surface area (TPSA) is 171 Å². The number of rotatable bonds is 15. The number of carbonyl (C=O) groups is 4. The molecule has 0 aliphatic heterocycles. The minimum Gasteiger partial charge on any atom is -0.480 e. The number of nitrogens with one attached hydrogen (secondary N) is 3. The standard InChI is InChI=1S/C20H38N4O6S/c1-11(2)8-14(22-17(26)13(21)6-7-31-5)18(27)23-15(9-12(3)4)19(28)24-16(10-25)20(29)30/h11-16,25H,6-10,21H2,1-5H3,(H,22,26)(H,23,27)(H,24,28)(H,29,30). The van der Waals surface area contributed by atoms with E-state index in [4.69, 9.17) is 15.9 Å². The van der Waals surface area contributed by atoms with E-state index in [0.717, 1.165) is 0 Å². The molecule has 0 aromatic rings. The lowest BCUT2D eigenvalue weighted by molar-refractivity contribution is -0.143. The van der Waals surface area contributed by atoms with E-state index in [0.29, 0.717) is 18.6 Å². The van der Waals surface area contributed by atoms with Crippen LogP contribution in [0.4, 0.5) is 0 Å². The molecule has 0 bridgehead atoms. The van der Waals surface area contributed by atoms with E-state index in [9.17, 15) is 19.2 Å². The Morgan fingerprint density at radius 3 is 1.61 bits per heavy atom. The lowest BCUT2D eigenvalue weighted by Crippen LogP contribution is -2.58. The van der Waals surface area contributed by atoms with Gasteiger partial charge in [-0.3, -0.25) is 14.4 Å². The number of nitrogens with two attached hydrogens (primary N) is 1. The summed E-state index contributed by atoms with van der Waals surface area (Å²) in [6, 6.07) is -4.12. The lowest BCUT2D eigenvalue weighted by atomic mass is 9.99. The van der Waals surface area contributed by atoms with Crippen molar-refractivity contribution in [2.24, 2.45) is 17.6 Å². The number of hydrogen-bond donors (Lipinski definition) is 6. The monoisotopic (exact) mass is 462 g/mol. The molecule has 3 amide bonds. The lowest BCUT2D eigenvalue weighted by Gasteiger charge is -2.26. The van der Waals surface area contributed by atoms with Gasteiger partial charge in [-0.05, 0) is 43.1 Å². The zero-order valence-electron chi connectivity index (χ0n) is 19.0. The van der Waals surface area contributed by atoms with Gasteiger partial charge in [0.1, 0.15) is 18.1 Å². The number of aliphatic carboxylic acids is 1. The molecule has 31 heavy (non-hydrogen) atoms. The normalized spacial score (nSPS) is 15.1. The van der Waals surface area contributed by atoms with Gasteiger partial charge in [0, 0.05) is 0 Å². The molecule has 0 fully saturated rings. The molecule has 0 aromatic heterocycles. The summed E-state index contributed by atoms with van der Waals surface area (Å²) in [6.45, 7) is 6.73. The molecule has 180 valence electrons. The predicted molar refractivity (Wildman–Crippen MR) is 120 cm³/mol. The Hall–Kier alpha value is -1.85. The van der Waals surface area contributed by atoms with Crippen LogP contribution in [0.2, 0.25) is 0 Å². The van der Waals surface area contributed by atoms with Gasteiger partial charge in [0.05, 0.1) is 12.6 Å². The van der Waals surface area contributed by atoms with Gasteiger partial charge in [-0.2, -0.15) is 11.8 Å². The highest BCUT2D eigenvalue weighted by atomic mass is 32.2. The van der Waals surface area contributed by atoms with Crippen molar-refractivity contribution >= 4 is 35.5 Å². The van der Waals surface area contributed by atoms with E-state index in [1.165, 1.54) is 0 Å². The molecule has 7 N–H and O–H groups in total. The number of hydrogen-bond acceptors (Lipinski definition) is 7. The summed E-state index contributed by atoms with van der Waals surface area (Å²) in [7, 11) is 0. The molecule has 10 nitrogen and oxygen atoms in total. The Kier molecular flexibility index (Phi) is 14.1. The van der Waals surface area contributed by atoms with Crippen LogP contribution in [0.25, 0.3) is 0 Å². The first-order chi connectivity index (χ1) is 14.4.